The molecule has 0 aromatic heterocycles. The van der Waals surface area contributed by atoms with Crippen molar-refractivity contribution in [2.45, 2.75) is 24.9 Å². The Bertz CT molecular complexity index is 334. The molecule has 0 radical (unpaired) electrons. The largest absolute Gasteiger partial charge is 0.390 e. The van der Waals surface area contributed by atoms with E-state index < -0.39 is 5.60 Å². The quantitative estimate of drug-likeness (QED) is 0.867. The third-order valence-corrected chi connectivity index (χ3v) is 3.58. The summed E-state index contributed by atoms with van der Waals surface area (Å²) in [5.41, 5.74) is 0.671. The van der Waals surface area contributed by atoms with Crippen LogP contribution < -0.4 is 0 Å². The van der Waals surface area contributed by atoms with Gasteiger partial charge < -0.3 is 5.11 Å². The lowest BCUT2D eigenvalue weighted by Crippen LogP contribution is -2.10. The highest BCUT2D eigenvalue weighted by molar-refractivity contribution is 9.10. The summed E-state index contributed by atoms with van der Waals surface area (Å²) in [4.78, 5) is 0. The Morgan fingerprint density at radius 3 is 2.69 bits per heavy atom. The standard InChI is InChI=1S/C10H10BrClO/c11-8-2-1-7(5-9(8)12)6-10(13)3-4-10/h1-2,5,13H,3-4,6H2. The highest BCUT2D eigenvalue weighted by atomic mass is 79.9. The molecule has 1 aromatic rings. The molecule has 2 rings (SSSR count). The van der Waals surface area contributed by atoms with Crippen LogP contribution in [0, 0.1) is 0 Å². The van der Waals surface area contributed by atoms with Gasteiger partial charge in [-0.25, -0.2) is 0 Å². The SMILES string of the molecule is OC1(Cc2ccc(Br)c(Cl)c2)CC1. The zero-order chi connectivity index (χ0) is 9.47. The molecule has 70 valence electrons. The average Bonchev–Trinajstić information content (AvgIpc) is 2.76. The van der Waals surface area contributed by atoms with E-state index in [4.69, 9.17) is 11.6 Å². The van der Waals surface area contributed by atoms with Crippen molar-refractivity contribution in [3.63, 3.8) is 0 Å². The van der Waals surface area contributed by atoms with Crippen molar-refractivity contribution in [2.24, 2.45) is 0 Å². The van der Waals surface area contributed by atoms with Crippen molar-refractivity contribution < 1.29 is 5.11 Å². The van der Waals surface area contributed by atoms with Crippen LogP contribution in [0.1, 0.15) is 18.4 Å². The third kappa shape index (κ3) is 2.25. The summed E-state index contributed by atoms with van der Waals surface area (Å²) in [6.45, 7) is 0. The van der Waals surface area contributed by atoms with Crippen LogP contribution in [0.15, 0.2) is 22.7 Å². The number of rotatable bonds is 2. The molecule has 3 heteroatoms. The van der Waals surface area contributed by atoms with Crippen molar-refractivity contribution in [2.75, 3.05) is 0 Å². The molecule has 0 saturated heterocycles. The van der Waals surface area contributed by atoms with E-state index in [1.54, 1.807) is 0 Å². The molecule has 0 atom stereocenters. The number of aliphatic hydroxyl groups is 1. The van der Waals surface area contributed by atoms with E-state index in [0.717, 1.165) is 29.3 Å². The molecule has 1 saturated carbocycles. The zero-order valence-electron chi connectivity index (χ0n) is 7.06. The Hall–Kier alpha value is -0.0500. The Balaban J connectivity index is 2.17. The van der Waals surface area contributed by atoms with Gasteiger partial charge in [-0.2, -0.15) is 0 Å². The fraction of sp³-hybridized carbons (Fsp3) is 0.400. The molecule has 1 fully saturated rings. The van der Waals surface area contributed by atoms with Crippen LogP contribution in [-0.2, 0) is 6.42 Å². The van der Waals surface area contributed by atoms with Crippen LogP contribution in [0.25, 0.3) is 0 Å². The number of benzene rings is 1. The molecule has 0 aliphatic heterocycles. The second-order valence-electron chi connectivity index (χ2n) is 3.65. The number of halogens is 2. The van der Waals surface area contributed by atoms with E-state index in [1.807, 2.05) is 18.2 Å². The molecular formula is C10H10BrClO. The normalized spacial score (nSPS) is 18.7. The fourth-order valence-corrected chi connectivity index (χ4v) is 1.80. The summed E-state index contributed by atoms with van der Waals surface area (Å²) >= 11 is 9.26. The van der Waals surface area contributed by atoms with E-state index >= 15 is 0 Å². The van der Waals surface area contributed by atoms with Gasteiger partial charge >= 0.3 is 0 Å². The monoisotopic (exact) mass is 260 g/mol. The van der Waals surface area contributed by atoms with Gasteiger partial charge in [0.2, 0.25) is 0 Å². The van der Waals surface area contributed by atoms with Gasteiger partial charge in [0.05, 0.1) is 10.6 Å². The zero-order valence-corrected chi connectivity index (χ0v) is 9.40. The average molecular weight is 262 g/mol. The van der Waals surface area contributed by atoms with E-state index in [2.05, 4.69) is 15.9 Å². The summed E-state index contributed by atoms with van der Waals surface area (Å²) in [6.07, 6.45) is 2.56. The van der Waals surface area contributed by atoms with Gasteiger partial charge in [-0.1, -0.05) is 17.7 Å². The van der Waals surface area contributed by atoms with Crippen LogP contribution in [0.5, 0.6) is 0 Å². The maximum absolute atomic E-state index is 9.69. The molecule has 1 aromatic carbocycles. The molecule has 1 nitrogen and oxygen atoms in total. The predicted molar refractivity (Wildman–Crippen MR) is 57.0 cm³/mol. The van der Waals surface area contributed by atoms with Gasteiger partial charge in [-0.15, -0.1) is 0 Å². The second kappa shape index (κ2) is 3.26. The smallest absolute Gasteiger partial charge is 0.0690 e. The van der Waals surface area contributed by atoms with Crippen LogP contribution in [0.2, 0.25) is 5.02 Å². The number of hydrogen-bond donors (Lipinski definition) is 1. The minimum absolute atomic E-state index is 0.433. The molecule has 1 N–H and O–H groups in total. The Labute approximate surface area is 90.9 Å². The minimum Gasteiger partial charge on any atom is -0.390 e. The molecular weight excluding hydrogens is 251 g/mol. The van der Waals surface area contributed by atoms with E-state index in [9.17, 15) is 5.11 Å². The van der Waals surface area contributed by atoms with E-state index in [1.165, 1.54) is 0 Å². The summed E-state index contributed by atoms with van der Waals surface area (Å²) in [5.74, 6) is 0. The lowest BCUT2D eigenvalue weighted by Gasteiger charge is -2.07. The van der Waals surface area contributed by atoms with Crippen molar-refractivity contribution in [1.82, 2.24) is 0 Å². The van der Waals surface area contributed by atoms with Crippen molar-refractivity contribution >= 4 is 27.5 Å². The molecule has 0 bridgehead atoms. The first-order valence-electron chi connectivity index (χ1n) is 4.25. The van der Waals surface area contributed by atoms with Gasteiger partial charge in [-0.05, 0) is 46.5 Å². The molecule has 0 amide bonds. The highest BCUT2D eigenvalue weighted by Crippen LogP contribution is 2.38. The maximum Gasteiger partial charge on any atom is 0.0690 e. The molecule has 1 aliphatic carbocycles. The summed E-state index contributed by atoms with van der Waals surface area (Å²) < 4.78 is 0.903. The predicted octanol–water partition coefficient (Wildman–Crippen LogP) is 3.17. The molecule has 1 aliphatic rings. The first-order valence-corrected chi connectivity index (χ1v) is 5.42. The Morgan fingerprint density at radius 2 is 2.15 bits per heavy atom. The van der Waals surface area contributed by atoms with Crippen molar-refractivity contribution in [3.8, 4) is 0 Å². The number of hydrogen-bond acceptors (Lipinski definition) is 1. The first-order chi connectivity index (χ1) is 6.09. The first kappa shape index (κ1) is 9.50. The third-order valence-electron chi connectivity index (χ3n) is 2.34. The maximum atomic E-state index is 9.69. The fourth-order valence-electron chi connectivity index (χ4n) is 1.35. The summed E-state index contributed by atoms with van der Waals surface area (Å²) in [6, 6.07) is 5.82. The van der Waals surface area contributed by atoms with Crippen molar-refractivity contribution in [3.05, 3.63) is 33.3 Å². The second-order valence-corrected chi connectivity index (χ2v) is 4.91. The van der Waals surface area contributed by atoms with E-state index in [0.29, 0.717) is 5.02 Å². The van der Waals surface area contributed by atoms with E-state index in [-0.39, 0.29) is 0 Å². The van der Waals surface area contributed by atoms with Gasteiger partial charge in [0.15, 0.2) is 0 Å². The molecule has 0 unspecified atom stereocenters. The molecule has 0 spiro atoms. The highest BCUT2D eigenvalue weighted by Gasteiger charge is 2.40. The van der Waals surface area contributed by atoms with Crippen LogP contribution in [-0.4, -0.2) is 10.7 Å². The lowest BCUT2D eigenvalue weighted by molar-refractivity contribution is 0.151. The van der Waals surface area contributed by atoms with Crippen LogP contribution in [0.4, 0.5) is 0 Å². The Morgan fingerprint density at radius 1 is 1.46 bits per heavy atom. The van der Waals surface area contributed by atoms with Crippen LogP contribution >= 0.6 is 27.5 Å². The molecule has 13 heavy (non-hydrogen) atoms. The van der Waals surface area contributed by atoms with Gasteiger partial charge in [0, 0.05) is 10.9 Å². The van der Waals surface area contributed by atoms with Crippen molar-refractivity contribution in [1.29, 1.82) is 0 Å². The van der Waals surface area contributed by atoms with Gasteiger partial charge in [0.25, 0.3) is 0 Å². The van der Waals surface area contributed by atoms with Crippen LogP contribution in [0.3, 0.4) is 0 Å². The topological polar surface area (TPSA) is 20.2 Å². The van der Waals surface area contributed by atoms with Gasteiger partial charge in [-0.3, -0.25) is 0 Å². The summed E-state index contributed by atoms with van der Waals surface area (Å²) in [5, 5.41) is 10.4. The summed E-state index contributed by atoms with van der Waals surface area (Å²) in [7, 11) is 0. The minimum atomic E-state index is -0.433. The molecule has 0 heterocycles. The lowest BCUT2D eigenvalue weighted by atomic mass is 10.1. The van der Waals surface area contributed by atoms with Gasteiger partial charge in [0.1, 0.15) is 0 Å². The Kier molecular flexibility index (Phi) is 2.39.